The third kappa shape index (κ3) is 3.55. The topological polar surface area (TPSA) is 43.1 Å². The zero-order valence-electron chi connectivity index (χ0n) is 17.8. The zero-order valence-corrected chi connectivity index (χ0v) is 17.8. The highest BCUT2D eigenvalue weighted by atomic mass is 19.1. The van der Waals surface area contributed by atoms with Crippen LogP contribution in [0, 0.1) is 23.8 Å². The first-order valence-electron chi connectivity index (χ1n) is 10.9. The molecular formula is C26H23F2N3O. The van der Waals surface area contributed by atoms with Crippen LogP contribution in [0.1, 0.15) is 24.8 Å². The van der Waals surface area contributed by atoms with Gasteiger partial charge in [-0.1, -0.05) is 18.2 Å². The Morgan fingerprint density at radius 3 is 2.44 bits per heavy atom. The maximum Gasteiger partial charge on any atom is 0.250 e. The monoisotopic (exact) mass is 431 g/mol. The smallest absolute Gasteiger partial charge is 0.250 e. The molecule has 6 heteroatoms. The molecule has 1 aliphatic rings. The van der Waals surface area contributed by atoms with E-state index in [0.717, 1.165) is 47.9 Å². The second-order valence-corrected chi connectivity index (χ2v) is 8.27. The van der Waals surface area contributed by atoms with Crippen LogP contribution in [-0.4, -0.2) is 18.1 Å². The van der Waals surface area contributed by atoms with Crippen molar-refractivity contribution in [2.24, 2.45) is 0 Å². The van der Waals surface area contributed by atoms with E-state index in [4.69, 9.17) is 4.98 Å². The van der Waals surface area contributed by atoms with Crippen LogP contribution in [-0.2, 0) is 0 Å². The number of pyridine rings is 2. The Hall–Kier alpha value is -3.54. The van der Waals surface area contributed by atoms with Gasteiger partial charge in [0, 0.05) is 36.2 Å². The molecule has 0 aliphatic carbocycles. The summed E-state index contributed by atoms with van der Waals surface area (Å²) in [5, 5.41) is 13.6. The van der Waals surface area contributed by atoms with Crippen molar-refractivity contribution in [1.29, 1.82) is 0 Å². The second kappa shape index (κ2) is 8.19. The first kappa shape index (κ1) is 20.4. The average Bonchev–Trinajstić information content (AvgIpc) is 2.80. The third-order valence-corrected chi connectivity index (χ3v) is 6.17. The van der Waals surface area contributed by atoms with Crippen molar-refractivity contribution in [1.82, 2.24) is 4.98 Å². The fraction of sp³-hybridized carbons (Fsp3) is 0.231. The van der Waals surface area contributed by atoms with Gasteiger partial charge in [0.25, 0.3) is 5.69 Å². The molecular weight excluding hydrogens is 408 g/mol. The molecule has 0 atom stereocenters. The number of rotatable bonds is 3. The van der Waals surface area contributed by atoms with Gasteiger partial charge in [-0.3, -0.25) is 0 Å². The molecule has 0 amide bonds. The summed E-state index contributed by atoms with van der Waals surface area (Å²) < 4.78 is 29.3. The van der Waals surface area contributed by atoms with Gasteiger partial charge in [-0.15, -0.1) is 0 Å². The van der Waals surface area contributed by atoms with Crippen molar-refractivity contribution in [2.75, 3.05) is 18.0 Å². The molecule has 32 heavy (non-hydrogen) atoms. The predicted molar refractivity (Wildman–Crippen MR) is 122 cm³/mol. The summed E-state index contributed by atoms with van der Waals surface area (Å²) in [4.78, 5) is 7.10. The lowest BCUT2D eigenvalue weighted by atomic mass is 9.97. The Kier molecular flexibility index (Phi) is 5.21. The molecule has 1 fully saturated rings. The van der Waals surface area contributed by atoms with Gasteiger partial charge < -0.3 is 10.1 Å². The van der Waals surface area contributed by atoms with Crippen molar-refractivity contribution in [2.45, 2.75) is 26.2 Å². The van der Waals surface area contributed by atoms with Crippen molar-refractivity contribution < 1.29 is 13.5 Å². The third-order valence-electron chi connectivity index (χ3n) is 6.17. The molecule has 4 nitrogen and oxygen atoms in total. The summed E-state index contributed by atoms with van der Waals surface area (Å²) >= 11 is 0. The van der Waals surface area contributed by atoms with E-state index in [0.29, 0.717) is 28.0 Å². The predicted octanol–water partition coefficient (Wildman–Crippen LogP) is 5.78. The molecule has 3 heterocycles. The SMILES string of the molecule is Cc1ccccc1-c1c2nc(N3CCCCC3)cc(-c3ccc(F)cc3F)c2cc[n+]1[O-]. The molecule has 0 radical (unpaired) electrons. The number of benzene rings is 2. The molecule has 0 spiro atoms. The van der Waals surface area contributed by atoms with E-state index in [-0.39, 0.29) is 5.56 Å². The summed E-state index contributed by atoms with van der Waals surface area (Å²) in [5.74, 6) is -0.561. The van der Waals surface area contributed by atoms with Gasteiger partial charge in [-0.05, 0) is 61.6 Å². The number of hydrogen-bond acceptors (Lipinski definition) is 3. The number of aryl methyl sites for hydroxylation is 1. The maximum atomic E-state index is 14.9. The normalized spacial score (nSPS) is 14.2. The fourth-order valence-corrected chi connectivity index (χ4v) is 4.51. The van der Waals surface area contributed by atoms with Crippen LogP contribution in [0.4, 0.5) is 14.6 Å². The number of halogens is 2. The molecule has 5 rings (SSSR count). The highest BCUT2D eigenvalue weighted by Crippen LogP contribution is 2.37. The minimum atomic E-state index is -0.640. The number of fused-ring (bicyclic) bond motifs is 1. The first-order chi connectivity index (χ1) is 15.5. The Morgan fingerprint density at radius 1 is 0.906 bits per heavy atom. The number of piperidine rings is 1. The van der Waals surface area contributed by atoms with Gasteiger partial charge in [0.1, 0.15) is 23.0 Å². The van der Waals surface area contributed by atoms with Gasteiger partial charge in [0.15, 0.2) is 6.20 Å². The standard InChI is InChI=1S/C26H23F2N3O/c1-17-7-3-4-8-19(17)26-25-21(11-14-31(26)32)22(20-10-9-18(27)15-23(20)28)16-24(29-25)30-12-5-2-6-13-30/h3-4,7-11,14-16H,2,5-6,12-13H2,1H3. The largest absolute Gasteiger partial charge is 0.618 e. The highest BCUT2D eigenvalue weighted by Gasteiger charge is 2.24. The lowest BCUT2D eigenvalue weighted by Crippen LogP contribution is -2.31. The molecule has 0 unspecified atom stereocenters. The summed E-state index contributed by atoms with van der Waals surface area (Å²) in [5.41, 5.74) is 3.56. The van der Waals surface area contributed by atoms with E-state index < -0.39 is 11.6 Å². The van der Waals surface area contributed by atoms with Crippen LogP contribution in [0.15, 0.2) is 60.8 Å². The minimum Gasteiger partial charge on any atom is -0.618 e. The van der Waals surface area contributed by atoms with Crippen molar-refractivity contribution >= 4 is 16.7 Å². The summed E-state index contributed by atoms with van der Waals surface area (Å²) in [6.45, 7) is 3.66. The lowest BCUT2D eigenvalue weighted by molar-refractivity contribution is -0.592. The molecule has 0 saturated carbocycles. The lowest BCUT2D eigenvalue weighted by Gasteiger charge is -2.28. The number of aromatic nitrogens is 2. The minimum absolute atomic E-state index is 0.288. The second-order valence-electron chi connectivity index (χ2n) is 8.27. The summed E-state index contributed by atoms with van der Waals surface area (Å²) in [6.07, 6.45) is 4.71. The Morgan fingerprint density at radius 2 is 1.69 bits per heavy atom. The van der Waals surface area contributed by atoms with E-state index >= 15 is 0 Å². The molecule has 1 saturated heterocycles. The van der Waals surface area contributed by atoms with Gasteiger partial charge in [0.05, 0.1) is 5.56 Å². The quantitative estimate of drug-likeness (QED) is 0.305. The van der Waals surface area contributed by atoms with Crippen molar-refractivity contribution in [3.8, 4) is 22.4 Å². The molecule has 2 aromatic carbocycles. The number of nitrogens with zero attached hydrogens (tertiary/aromatic N) is 3. The fourth-order valence-electron chi connectivity index (χ4n) is 4.51. The van der Waals surface area contributed by atoms with Gasteiger partial charge in [-0.25, -0.2) is 13.8 Å². The molecule has 1 aliphatic heterocycles. The van der Waals surface area contributed by atoms with Gasteiger partial charge >= 0.3 is 0 Å². The van der Waals surface area contributed by atoms with E-state index in [1.165, 1.54) is 24.8 Å². The zero-order chi connectivity index (χ0) is 22.2. The van der Waals surface area contributed by atoms with E-state index in [2.05, 4.69) is 4.90 Å². The molecule has 2 aromatic heterocycles. The van der Waals surface area contributed by atoms with E-state index in [1.54, 1.807) is 6.07 Å². The van der Waals surface area contributed by atoms with Crippen LogP contribution in [0.5, 0.6) is 0 Å². The Bertz CT molecular complexity index is 1320. The molecule has 0 N–H and O–H groups in total. The van der Waals surface area contributed by atoms with Crippen LogP contribution in [0.2, 0.25) is 0 Å². The van der Waals surface area contributed by atoms with Crippen LogP contribution in [0.25, 0.3) is 33.3 Å². The average molecular weight is 431 g/mol. The van der Waals surface area contributed by atoms with Crippen LogP contribution < -0.4 is 9.63 Å². The molecule has 4 aromatic rings. The van der Waals surface area contributed by atoms with Gasteiger partial charge in [0.2, 0.25) is 0 Å². The Labute approximate surface area is 185 Å². The maximum absolute atomic E-state index is 14.9. The van der Waals surface area contributed by atoms with Crippen molar-refractivity contribution in [3.05, 3.63) is 83.2 Å². The van der Waals surface area contributed by atoms with Gasteiger partial charge in [-0.2, -0.15) is 4.73 Å². The highest BCUT2D eigenvalue weighted by molar-refractivity contribution is 6.01. The Balaban J connectivity index is 1.85. The molecule has 0 bridgehead atoms. The van der Waals surface area contributed by atoms with E-state index in [9.17, 15) is 14.0 Å². The first-order valence-corrected chi connectivity index (χ1v) is 10.9. The summed E-state index contributed by atoms with van der Waals surface area (Å²) in [6, 6.07) is 14.8. The summed E-state index contributed by atoms with van der Waals surface area (Å²) in [7, 11) is 0. The van der Waals surface area contributed by atoms with E-state index in [1.807, 2.05) is 37.3 Å². The number of hydrogen-bond donors (Lipinski definition) is 0. The number of anilines is 1. The van der Waals surface area contributed by atoms with Crippen molar-refractivity contribution in [3.63, 3.8) is 0 Å². The van der Waals surface area contributed by atoms with Crippen LogP contribution >= 0.6 is 0 Å². The van der Waals surface area contributed by atoms with Crippen LogP contribution in [0.3, 0.4) is 0 Å². The molecule has 162 valence electrons.